The van der Waals surface area contributed by atoms with Gasteiger partial charge in [-0.15, -0.1) is 6.58 Å². The van der Waals surface area contributed by atoms with E-state index in [-0.39, 0.29) is 5.92 Å². The van der Waals surface area contributed by atoms with E-state index in [4.69, 9.17) is 0 Å². The van der Waals surface area contributed by atoms with Crippen molar-refractivity contribution in [1.82, 2.24) is 0 Å². The molecule has 0 aromatic rings. The lowest BCUT2D eigenvalue weighted by Gasteiger charge is -2.09. The van der Waals surface area contributed by atoms with Crippen LogP contribution in [0.5, 0.6) is 0 Å². The molecule has 0 aliphatic heterocycles. The van der Waals surface area contributed by atoms with E-state index in [2.05, 4.69) is 13.5 Å². The van der Waals surface area contributed by atoms with Crippen LogP contribution in [-0.4, -0.2) is 5.78 Å². The summed E-state index contributed by atoms with van der Waals surface area (Å²) in [5.74, 6) is 0.627. The predicted octanol–water partition coefficient (Wildman–Crippen LogP) is 2.96. The average molecular weight is 154 g/mol. The first-order valence-corrected chi connectivity index (χ1v) is 4.39. The Hall–Kier alpha value is -0.590. The van der Waals surface area contributed by atoms with Crippen LogP contribution in [0.1, 0.15) is 39.5 Å². The molecule has 0 saturated heterocycles. The number of carbonyl (C=O) groups is 1. The molecule has 0 radical (unpaired) electrons. The minimum Gasteiger partial charge on any atom is -0.299 e. The van der Waals surface area contributed by atoms with Gasteiger partial charge in [-0.3, -0.25) is 4.79 Å². The molecule has 0 heterocycles. The van der Waals surface area contributed by atoms with Crippen molar-refractivity contribution >= 4 is 5.78 Å². The summed E-state index contributed by atoms with van der Waals surface area (Å²) in [5.41, 5.74) is 0. The molecule has 0 aromatic heterocycles. The summed E-state index contributed by atoms with van der Waals surface area (Å²) in [4.78, 5) is 11.3. The number of carbonyl (C=O) groups excluding carboxylic acids is 1. The second kappa shape index (κ2) is 6.14. The summed E-state index contributed by atoms with van der Waals surface area (Å²) in [7, 11) is 0. The van der Waals surface area contributed by atoms with Crippen LogP contribution in [0.3, 0.4) is 0 Å². The normalized spacial score (nSPS) is 12.5. The SMILES string of the molecule is C=CC[C@@H](CC)C(=O)CCC. The summed E-state index contributed by atoms with van der Waals surface area (Å²) < 4.78 is 0. The van der Waals surface area contributed by atoms with E-state index in [9.17, 15) is 4.79 Å². The van der Waals surface area contributed by atoms with E-state index < -0.39 is 0 Å². The Balaban J connectivity index is 3.80. The maximum Gasteiger partial charge on any atom is 0.136 e. The molecule has 1 nitrogen and oxygen atoms in total. The molecule has 1 heteroatoms. The monoisotopic (exact) mass is 154 g/mol. The van der Waals surface area contributed by atoms with Crippen LogP contribution in [0.25, 0.3) is 0 Å². The Labute approximate surface area is 69.5 Å². The van der Waals surface area contributed by atoms with Gasteiger partial charge in [0.1, 0.15) is 5.78 Å². The highest BCUT2D eigenvalue weighted by Gasteiger charge is 2.12. The Morgan fingerprint density at radius 3 is 2.55 bits per heavy atom. The number of hydrogen-bond acceptors (Lipinski definition) is 1. The Bertz CT molecular complexity index is 127. The van der Waals surface area contributed by atoms with E-state index in [1.807, 2.05) is 13.0 Å². The van der Waals surface area contributed by atoms with Gasteiger partial charge in [-0.25, -0.2) is 0 Å². The zero-order valence-electron chi connectivity index (χ0n) is 7.60. The molecule has 0 saturated carbocycles. The van der Waals surface area contributed by atoms with Crippen molar-refractivity contribution in [2.45, 2.75) is 39.5 Å². The lowest BCUT2D eigenvalue weighted by atomic mass is 9.95. The van der Waals surface area contributed by atoms with Gasteiger partial charge in [-0.2, -0.15) is 0 Å². The molecule has 0 aliphatic carbocycles. The molecule has 0 N–H and O–H groups in total. The van der Waals surface area contributed by atoms with Crippen molar-refractivity contribution in [3.63, 3.8) is 0 Å². The molecule has 0 fully saturated rings. The van der Waals surface area contributed by atoms with Crippen LogP contribution in [-0.2, 0) is 4.79 Å². The lowest BCUT2D eigenvalue weighted by molar-refractivity contribution is -0.122. The molecule has 0 amide bonds. The van der Waals surface area contributed by atoms with Gasteiger partial charge >= 0.3 is 0 Å². The molecule has 1 atom stereocenters. The standard InChI is InChI=1S/C10H18O/c1-4-7-9(6-3)10(11)8-5-2/h4,9H,1,5-8H2,2-3H3/t9-/m1/s1. The van der Waals surface area contributed by atoms with E-state index >= 15 is 0 Å². The highest BCUT2D eigenvalue weighted by molar-refractivity contribution is 5.80. The first-order chi connectivity index (χ1) is 5.26. The van der Waals surface area contributed by atoms with E-state index in [0.717, 1.165) is 25.7 Å². The molecule has 0 aromatic carbocycles. The van der Waals surface area contributed by atoms with Crippen LogP contribution < -0.4 is 0 Å². The smallest absolute Gasteiger partial charge is 0.136 e. The molecule has 0 spiro atoms. The number of allylic oxidation sites excluding steroid dienone is 1. The molecular formula is C10H18O. The minimum absolute atomic E-state index is 0.229. The van der Waals surface area contributed by atoms with E-state index in [1.165, 1.54) is 0 Å². The first kappa shape index (κ1) is 10.4. The topological polar surface area (TPSA) is 17.1 Å². The van der Waals surface area contributed by atoms with Crippen molar-refractivity contribution in [2.75, 3.05) is 0 Å². The van der Waals surface area contributed by atoms with Gasteiger partial charge in [0.25, 0.3) is 0 Å². The van der Waals surface area contributed by atoms with Crippen LogP contribution >= 0.6 is 0 Å². The Morgan fingerprint density at radius 1 is 1.55 bits per heavy atom. The van der Waals surface area contributed by atoms with E-state index in [0.29, 0.717) is 5.78 Å². The largest absolute Gasteiger partial charge is 0.299 e. The van der Waals surface area contributed by atoms with Gasteiger partial charge < -0.3 is 0 Å². The zero-order valence-corrected chi connectivity index (χ0v) is 7.60. The van der Waals surface area contributed by atoms with Crippen molar-refractivity contribution in [1.29, 1.82) is 0 Å². The van der Waals surface area contributed by atoms with Gasteiger partial charge in [0.05, 0.1) is 0 Å². The molecule has 11 heavy (non-hydrogen) atoms. The van der Waals surface area contributed by atoms with Gasteiger partial charge in [0, 0.05) is 12.3 Å². The summed E-state index contributed by atoms with van der Waals surface area (Å²) in [6, 6.07) is 0. The van der Waals surface area contributed by atoms with Crippen LogP contribution in [0.4, 0.5) is 0 Å². The fourth-order valence-electron chi connectivity index (χ4n) is 1.18. The van der Waals surface area contributed by atoms with Gasteiger partial charge in [-0.1, -0.05) is 19.9 Å². The third-order valence-electron chi connectivity index (χ3n) is 1.90. The quantitative estimate of drug-likeness (QED) is 0.537. The number of rotatable bonds is 6. The van der Waals surface area contributed by atoms with Crippen molar-refractivity contribution in [3.8, 4) is 0 Å². The summed E-state index contributed by atoms with van der Waals surface area (Å²) in [5, 5.41) is 0. The van der Waals surface area contributed by atoms with Gasteiger partial charge in [0.15, 0.2) is 0 Å². The lowest BCUT2D eigenvalue weighted by Crippen LogP contribution is -2.11. The van der Waals surface area contributed by atoms with Gasteiger partial charge in [-0.05, 0) is 19.3 Å². The Morgan fingerprint density at radius 2 is 2.18 bits per heavy atom. The molecular weight excluding hydrogens is 136 g/mol. The highest BCUT2D eigenvalue weighted by atomic mass is 16.1. The average Bonchev–Trinajstić information content (AvgIpc) is 2.00. The summed E-state index contributed by atoms with van der Waals surface area (Å²) >= 11 is 0. The van der Waals surface area contributed by atoms with Crippen molar-refractivity contribution < 1.29 is 4.79 Å². The number of hydrogen-bond donors (Lipinski definition) is 0. The third kappa shape index (κ3) is 3.97. The molecule has 0 unspecified atom stereocenters. The van der Waals surface area contributed by atoms with Crippen molar-refractivity contribution in [3.05, 3.63) is 12.7 Å². The molecule has 0 bridgehead atoms. The molecule has 0 rings (SSSR count). The number of Topliss-reactive ketones (excluding diaryl/α,β-unsaturated/α-hetero) is 1. The summed E-state index contributed by atoms with van der Waals surface area (Å²) in [6.45, 7) is 7.74. The van der Waals surface area contributed by atoms with Crippen LogP contribution in [0.2, 0.25) is 0 Å². The Kier molecular flexibility index (Phi) is 5.81. The second-order valence-corrected chi connectivity index (χ2v) is 2.85. The highest BCUT2D eigenvalue weighted by Crippen LogP contribution is 2.12. The van der Waals surface area contributed by atoms with Crippen LogP contribution in [0, 0.1) is 5.92 Å². The minimum atomic E-state index is 0.229. The first-order valence-electron chi connectivity index (χ1n) is 4.39. The fourth-order valence-corrected chi connectivity index (χ4v) is 1.18. The molecule has 64 valence electrons. The molecule has 0 aliphatic rings. The van der Waals surface area contributed by atoms with E-state index in [1.54, 1.807) is 0 Å². The number of ketones is 1. The van der Waals surface area contributed by atoms with Crippen LogP contribution in [0.15, 0.2) is 12.7 Å². The maximum absolute atomic E-state index is 11.3. The third-order valence-corrected chi connectivity index (χ3v) is 1.90. The fraction of sp³-hybridized carbons (Fsp3) is 0.700. The summed E-state index contributed by atoms with van der Waals surface area (Å²) in [6.07, 6.45) is 5.32. The zero-order chi connectivity index (χ0) is 8.69. The second-order valence-electron chi connectivity index (χ2n) is 2.85. The predicted molar refractivity (Wildman–Crippen MR) is 48.5 cm³/mol. The van der Waals surface area contributed by atoms with Crippen molar-refractivity contribution in [2.24, 2.45) is 5.92 Å². The maximum atomic E-state index is 11.3. The van der Waals surface area contributed by atoms with Gasteiger partial charge in [0.2, 0.25) is 0 Å².